The average Bonchev–Trinajstić information content (AvgIpc) is 2.34. The van der Waals surface area contributed by atoms with Crippen molar-refractivity contribution in [2.45, 2.75) is 37.8 Å². The van der Waals surface area contributed by atoms with Crippen LogP contribution < -0.4 is 5.73 Å². The number of nitrogens with two attached hydrogens (primary N) is 1. The number of carbonyl (C=O) groups is 2. The molecular formula is C12H18BrClN2O4S. The van der Waals surface area contributed by atoms with Crippen LogP contribution in [0.25, 0.3) is 0 Å². The molecule has 2 N–H and O–H groups in total. The Balaban J connectivity index is 0.00000220. The Kier molecular flexibility index (Phi) is 5.63. The number of hydrogen-bond donors (Lipinski definition) is 1. The van der Waals surface area contributed by atoms with Crippen molar-refractivity contribution in [2.24, 2.45) is 5.73 Å². The number of hydrogen-bond acceptors (Lipinski definition) is 5. The van der Waals surface area contributed by atoms with Gasteiger partial charge in [-0.3, -0.25) is 13.9 Å². The number of amides is 1. The molecule has 2 aliphatic heterocycles. The molecule has 0 aliphatic carbocycles. The second-order valence-electron chi connectivity index (χ2n) is 5.74. The van der Waals surface area contributed by atoms with Gasteiger partial charge >= 0.3 is 5.97 Å². The maximum atomic E-state index is 12.3. The number of ether oxygens (including phenoxy) is 1. The van der Waals surface area contributed by atoms with Crippen LogP contribution in [0.1, 0.15) is 20.8 Å². The predicted octanol–water partition coefficient (Wildman–Crippen LogP) is 0.657. The molecule has 1 fully saturated rings. The third kappa shape index (κ3) is 3.33. The van der Waals surface area contributed by atoms with Crippen LogP contribution in [0.15, 0.2) is 11.3 Å². The van der Waals surface area contributed by atoms with Crippen molar-refractivity contribution in [1.82, 2.24) is 4.90 Å². The molecule has 0 spiro atoms. The third-order valence-electron chi connectivity index (χ3n) is 3.00. The van der Waals surface area contributed by atoms with Gasteiger partial charge in [0.05, 0.1) is 16.6 Å². The lowest BCUT2D eigenvalue weighted by atomic mass is 10.0. The summed E-state index contributed by atoms with van der Waals surface area (Å²) in [6.45, 7) is 5.25. The summed E-state index contributed by atoms with van der Waals surface area (Å²) in [6, 6.07) is -0.801. The van der Waals surface area contributed by atoms with E-state index in [1.807, 2.05) is 0 Å². The van der Waals surface area contributed by atoms with Crippen LogP contribution in [-0.2, 0) is 25.1 Å². The van der Waals surface area contributed by atoms with Crippen molar-refractivity contribution in [1.29, 1.82) is 0 Å². The van der Waals surface area contributed by atoms with Gasteiger partial charge in [-0.05, 0) is 26.3 Å². The molecule has 0 bridgehead atoms. The number of rotatable bonds is 2. The second-order valence-corrected chi connectivity index (χ2v) is 7.83. The predicted molar refractivity (Wildman–Crippen MR) is 85.5 cm³/mol. The Morgan fingerprint density at radius 3 is 2.57 bits per heavy atom. The van der Waals surface area contributed by atoms with Gasteiger partial charge in [0, 0.05) is 5.33 Å². The smallest absolute Gasteiger partial charge is 0.355 e. The minimum Gasteiger partial charge on any atom is -0.455 e. The van der Waals surface area contributed by atoms with Crippen molar-refractivity contribution in [3.05, 3.63) is 11.3 Å². The van der Waals surface area contributed by atoms with Gasteiger partial charge in [0.2, 0.25) is 5.91 Å². The lowest BCUT2D eigenvalue weighted by Crippen LogP contribution is -2.72. The number of carbonyl (C=O) groups excluding carboxylic acids is 2. The molecule has 0 radical (unpaired) electrons. The first-order valence-electron chi connectivity index (χ1n) is 6.14. The number of halogens is 2. The molecule has 6 nitrogen and oxygen atoms in total. The summed E-state index contributed by atoms with van der Waals surface area (Å²) in [5, 5.41) is -0.258. The fourth-order valence-corrected chi connectivity index (χ4v) is 4.54. The summed E-state index contributed by atoms with van der Waals surface area (Å²) in [5.74, 6) is -0.738. The standard InChI is InChI=1S/C12H17BrN2O4S.ClH/c1-12(2,3)19-11(17)8-6(4-13)5-20(18)10-7(14)9(16)15(8)10;/h7,10H,4-5,14H2,1-3H3;1H/t7-,10-,20?;/m1./s1. The lowest BCUT2D eigenvalue weighted by molar-refractivity contribution is -0.158. The van der Waals surface area contributed by atoms with E-state index in [1.165, 1.54) is 4.90 Å². The van der Waals surface area contributed by atoms with Crippen LogP contribution >= 0.6 is 28.3 Å². The zero-order valence-electron chi connectivity index (χ0n) is 11.9. The van der Waals surface area contributed by atoms with E-state index >= 15 is 0 Å². The number of alkyl halides is 1. The van der Waals surface area contributed by atoms with Crippen LogP contribution in [0.2, 0.25) is 0 Å². The fraction of sp³-hybridized carbons (Fsp3) is 0.667. The zero-order valence-corrected chi connectivity index (χ0v) is 15.1. The second kappa shape index (κ2) is 6.36. The quantitative estimate of drug-likeness (QED) is 0.417. The van der Waals surface area contributed by atoms with Gasteiger partial charge in [0.15, 0.2) is 0 Å². The van der Waals surface area contributed by atoms with E-state index in [0.29, 0.717) is 10.9 Å². The van der Waals surface area contributed by atoms with Crippen LogP contribution in [0.3, 0.4) is 0 Å². The SMILES string of the molecule is CC(C)(C)OC(=O)C1=C(CBr)CS(=O)[C@@H]2[C@H](N)C(=O)N12.Cl. The lowest BCUT2D eigenvalue weighted by Gasteiger charge is -2.48. The summed E-state index contributed by atoms with van der Waals surface area (Å²) in [6.07, 6.45) is 0. The number of nitrogens with zero attached hydrogens (tertiary/aromatic N) is 1. The molecule has 2 rings (SSSR count). The maximum absolute atomic E-state index is 12.3. The minimum atomic E-state index is -1.28. The largest absolute Gasteiger partial charge is 0.455 e. The highest BCUT2D eigenvalue weighted by atomic mass is 79.9. The van der Waals surface area contributed by atoms with E-state index in [1.54, 1.807) is 20.8 Å². The first kappa shape index (κ1) is 18.6. The Morgan fingerprint density at radius 1 is 1.52 bits per heavy atom. The Morgan fingerprint density at radius 2 is 2.10 bits per heavy atom. The number of β-lactam (4-membered cyclic amide) rings is 1. The van der Waals surface area contributed by atoms with E-state index in [0.717, 1.165) is 0 Å². The molecular weight excluding hydrogens is 384 g/mol. The van der Waals surface area contributed by atoms with Gasteiger partial charge in [-0.1, -0.05) is 15.9 Å². The molecule has 0 aromatic heterocycles. The zero-order chi connectivity index (χ0) is 15.2. The van der Waals surface area contributed by atoms with Crippen molar-refractivity contribution in [3.63, 3.8) is 0 Å². The van der Waals surface area contributed by atoms with E-state index in [2.05, 4.69) is 15.9 Å². The van der Waals surface area contributed by atoms with Gasteiger partial charge in [-0.2, -0.15) is 0 Å². The summed E-state index contributed by atoms with van der Waals surface area (Å²) >= 11 is 3.26. The number of fused-ring (bicyclic) bond motifs is 1. The molecule has 1 unspecified atom stereocenters. The third-order valence-corrected chi connectivity index (χ3v) is 5.35. The van der Waals surface area contributed by atoms with Crippen LogP contribution in [0, 0.1) is 0 Å². The van der Waals surface area contributed by atoms with E-state index in [-0.39, 0.29) is 29.8 Å². The van der Waals surface area contributed by atoms with Crippen molar-refractivity contribution >= 4 is 51.0 Å². The van der Waals surface area contributed by atoms with Gasteiger partial charge < -0.3 is 10.5 Å². The molecule has 2 heterocycles. The molecule has 1 saturated heterocycles. The molecule has 0 saturated carbocycles. The van der Waals surface area contributed by atoms with Crippen LogP contribution in [0.4, 0.5) is 0 Å². The normalized spacial score (nSPS) is 28.5. The molecule has 2 aliphatic rings. The topological polar surface area (TPSA) is 89.7 Å². The van der Waals surface area contributed by atoms with Gasteiger partial charge in [-0.15, -0.1) is 12.4 Å². The van der Waals surface area contributed by atoms with E-state index in [9.17, 15) is 13.8 Å². The minimum absolute atomic E-state index is 0. The molecule has 1 amide bonds. The van der Waals surface area contributed by atoms with Gasteiger partial charge in [0.25, 0.3) is 0 Å². The summed E-state index contributed by atoms with van der Waals surface area (Å²) in [5.41, 5.74) is 5.80. The van der Waals surface area contributed by atoms with Crippen molar-refractivity contribution in [3.8, 4) is 0 Å². The van der Waals surface area contributed by atoms with Crippen molar-refractivity contribution in [2.75, 3.05) is 11.1 Å². The maximum Gasteiger partial charge on any atom is 0.355 e. The number of esters is 1. The van der Waals surface area contributed by atoms with E-state index in [4.69, 9.17) is 10.5 Å². The molecule has 0 aromatic carbocycles. The highest BCUT2D eigenvalue weighted by Crippen LogP contribution is 2.35. The molecule has 21 heavy (non-hydrogen) atoms. The Hall–Kier alpha value is -0.440. The molecule has 3 atom stereocenters. The molecule has 9 heteroatoms. The highest BCUT2D eigenvalue weighted by Gasteiger charge is 2.55. The van der Waals surface area contributed by atoms with Crippen molar-refractivity contribution < 1.29 is 18.5 Å². The Labute approximate surface area is 140 Å². The van der Waals surface area contributed by atoms with Gasteiger partial charge in [-0.25, -0.2) is 4.79 Å². The highest BCUT2D eigenvalue weighted by molar-refractivity contribution is 9.09. The Bertz CT molecular complexity index is 532. The van der Waals surface area contributed by atoms with E-state index < -0.39 is 33.8 Å². The molecule has 0 aromatic rings. The average molecular weight is 402 g/mol. The van der Waals surface area contributed by atoms with Crippen LogP contribution in [-0.4, -0.2) is 49.1 Å². The summed E-state index contributed by atoms with van der Waals surface area (Å²) in [7, 11) is -1.28. The van der Waals surface area contributed by atoms with Gasteiger partial charge in [0.1, 0.15) is 22.7 Å². The first-order valence-corrected chi connectivity index (χ1v) is 8.65. The molecule has 120 valence electrons. The summed E-state index contributed by atoms with van der Waals surface area (Å²) in [4.78, 5) is 25.4. The van der Waals surface area contributed by atoms with Crippen LogP contribution in [0.5, 0.6) is 0 Å². The first-order chi connectivity index (χ1) is 9.17. The fourth-order valence-electron chi connectivity index (χ4n) is 2.17. The summed E-state index contributed by atoms with van der Waals surface area (Å²) < 4.78 is 17.4. The monoisotopic (exact) mass is 400 g/mol.